The molecular formula is C24H20N4O8S2. The number of nitrogens with zero attached hydrogens (tertiary/aromatic N) is 2. The minimum absolute atomic E-state index is 0.155. The number of aryl methyl sites for hydroxylation is 2. The summed E-state index contributed by atoms with van der Waals surface area (Å²) in [5.41, 5.74) is -0.573. The number of sulfonamides is 2. The maximum absolute atomic E-state index is 13.2. The van der Waals surface area contributed by atoms with Gasteiger partial charge in [-0.05, 0) is 48.9 Å². The average molecular weight is 557 g/mol. The third-order valence-electron chi connectivity index (χ3n) is 5.75. The van der Waals surface area contributed by atoms with E-state index in [0.717, 1.165) is 12.1 Å². The van der Waals surface area contributed by atoms with Crippen LogP contribution >= 0.6 is 0 Å². The van der Waals surface area contributed by atoms with Crippen molar-refractivity contribution in [2.45, 2.75) is 23.6 Å². The number of nitrogens with one attached hydrogen (secondary N) is 2. The molecule has 0 spiro atoms. The molecule has 0 aliphatic rings. The van der Waals surface area contributed by atoms with Gasteiger partial charge in [-0.1, -0.05) is 36.4 Å². The van der Waals surface area contributed by atoms with E-state index in [1.807, 2.05) is 0 Å². The van der Waals surface area contributed by atoms with Crippen molar-refractivity contribution in [2.75, 3.05) is 9.44 Å². The van der Waals surface area contributed by atoms with E-state index in [1.165, 1.54) is 50.2 Å². The van der Waals surface area contributed by atoms with Gasteiger partial charge in [-0.25, -0.2) is 16.8 Å². The molecule has 0 fully saturated rings. The molecule has 4 rings (SSSR count). The smallest absolute Gasteiger partial charge is 0.273 e. The van der Waals surface area contributed by atoms with Gasteiger partial charge in [-0.2, -0.15) is 0 Å². The Kier molecular flexibility index (Phi) is 6.78. The summed E-state index contributed by atoms with van der Waals surface area (Å²) < 4.78 is 57.3. The lowest BCUT2D eigenvalue weighted by molar-refractivity contribution is -0.385. The van der Waals surface area contributed by atoms with Gasteiger partial charge >= 0.3 is 0 Å². The lowest BCUT2D eigenvalue weighted by Gasteiger charge is -2.16. The highest BCUT2D eigenvalue weighted by molar-refractivity contribution is 7.93. The second-order valence-electron chi connectivity index (χ2n) is 8.37. The SMILES string of the molecule is Cc1ccc(S(=O)(=O)Nc2cc3ccccc3cc2NS(=O)(=O)c2ccc(C)c([N+](=O)[O-])c2)cc1[N+](=O)[O-]. The number of nitro groups is 2. The van der Waals surface area contributed by atoms with E-state index in [4.69, 9.17) is 0 Å². The number of nitro benzene ring substituents is 2. The molecule has 0 bridgehead atoms. The van der Waals surface area contributed by atoms with Gasteiger partial charge in [0.25, 0.3) is 31.4 Å². The van der Waals surface area contributed by atoms with Crippen LogP contribution in [0.5, 0.6) is 0 Å². The van der Waals surface area contributed by atoms with Crippen LogP contribution in [-0.4, -0.2) is 26.7 Å². The van der Waals surface area contributed by atoms with E-state index in [-0.39, 0.29) is 22.5 Å². The quantitative estimate of drug-likeness (QED) is 0.228. The third kappa shape index (κ3) is 5.26. The first-order chi connectivity index (χ1) is 17.8. The van der Waals surface area contributed by atoms with Crippen LogP contribution in [0.25, 0.3) is 10.8 Å². The number of rotatable bonds is 8. The van der Waals surface area contributed by atoms with Crippen molar-refractivity contribution in [1.82, 2.24) is 0 Å². The molecule has 0 aromatic heterocycles. The maximum Gasteiger partial charge on any atom is 0.273 e. The number of hydrogen-bond donors (Lipinski definition) is 2. The molecular weight excluding hydrogens is 536 g/mol. The van der Waals surface area contributed by atoms with E-state index in [9.17, 15) is 37.1 Å². The van der Waals surface area contributed by atoms with Gasteiger partial charge in [-0.3, -0.25) is 29.7 Å². The monoisotopic (exact) mass is 556 g/mol. The molecule has 0 atom stereocenters. The van der Waals surface area contributed by atoms with Crippen LogP contribution < -0.4 is 9.44 Å². The number of anilines is 2. The summed E-state index contributed by atoms with van der Waals surface area (Å²) in [6.45, 7) is 2.93. The molecule has 38 heavy (non-hydrogen) atoms. The summed E-state index contributed by atoms with van der Waals surface area (Å²) in [6, 6.07) is 16.4. The van der Waals surface area contributed by atoms with Crippen molar-refractivity contribution in [3.63, 3.8) is 0 Å². The minimum atomic E-state index is -4.40. The summed E-state index contributed by atoms with van der Waals surface area (Å²) in [5.74, 6) is 0. The normalized spacial score (nSPS) is 11.7. The molecule has 0 amide bonds. The van der Waals surface area contributed by atoms with Crippen LogP contribution in [0.2, 0.25) is 0 Å². The first-order valence-corrected chi connectivity index (χ1v) is 13.8. The maximum atomic E-state index is 13.2. The van der Waals surface area contributed by atoms with E-state index >= 15 is 0 Å². The Morgan fingerprint density at radius 2 is 0.974 bits per heavy atom. The lowest BCUT2D eigenvalue weighted by Crippen LogP contribution is -2.18. The Morgan fingerprint density at radius 3 is 1.32 bits per heavy atom. The zero-order valence-electron chi connectivity index (χ0n) is 19.9. The van der Waals surface area contributed by atoms with Crippen molar-refractivity contribution in [3.05, 3.63) is 104 Å². The Balaban J connectivity index is 1.81. The highest BCUT2D eigenvalue weighted by atomic mass is 32.2. The van der Waals surface area contributed by atoms with Crippen molar-refractivity contribution >= 4 is 53.6 Å². The van der Waals surface area contributed by atoms with Gasteiger partial charge in [0.1, 0.15) is 0 Å². The van der Waals surface area contributed by atoms with Crippen LogP contribution in [0, 0.1) is 34.1 Å². The van der Waals surface area contributed by atoms with Crippen molar-refractivity contribution in [1.29, 1.82) is 0 Å². The van der Waals surface area contributed by atoms with Gasteiger partial charge in [0.05, 0.1) is 31.0 Å². The Labute approximate surface area is 217 Å². The topological polar surface area (TPSA) is 179 Å². The molecule has 0 unspecified atom stereocenters. The van der Waals surface area contributed by atoms with Gasteiger partial charge < -0.3 is 0 Å². The van der Waals surface area contributed by atoms with E-state index < -0.39 is 51.1 Å². The van der Waals surface area contributed by atoms with Crippen molar-refractivity contribution in [2.24, 2.45) is 0 Å². The molecule has 0 aliphatic heterocycles. The largest absolute Gasteiger partial charge is 0.277 e. The summed E-state index contributed by atoms with van der Waals surface area (Å²) in [4.78, 5) is 20.4. The Morgan fingerprint density at radius 1 is 0.605 bits per heavy atom. The fraction of sp³-hybridized carbons (Fsp3) is 0.0833. The molecule has 4 aromatic carbocycles. The van der Waals surface area contributed by atoms with E-state index in [0.29, 0.717) is 10.8 Å². The molecule has 4 aromatic rings. The lowest BCUT2D eigenvalue weighted by atomic mass is 10.1. The van der Waals surface area contributed by atoms with Gasteiger partial charge in [0.15, 0.2) is 0 Å². The zero-order chi connectivity index (χ0) is 27.8. The van der Waals surface area contributed by atoms with Crippen LogP contribution in [0.15, 0.2) is 82.6 Å². The number of benzene rings is 4. The standard InChI is InChI=1S/C24H20N4O8S2/c1-15-7-9-19(13-23(15)27(29)30)37(33,34)25-21-11-17-5-3-4-6-18(17)12-22(21)26-38(35,36)20-10-8-16(2)24(14-20)28(31)32/h3-14,25-26H,1-2H3. The highest BCUT2D eigenvalue weighted by Crippen LogP contribution is 2.33. The molecule has 0 aliphatic carbocycles. The molecule has 14 heteroatoms. The van der Waals surface area contributed by atoms with Crippen molar-refractivity contribution in [3.8, 4) is 0 Å². The van der Waals surface area contributed by atoms with E-state index in [1.54, 1.807) is 24.3 Å². The van der Waals surface area contributed by atoms with Gasteiger partial charge in [-0.15, -0.1) is 0 Å². The van der Waals surface area contributed by atoms with Gasteiger partial charge in [0, 0.05) is 23.3 Å². The number of hydrogen-bond acceptors (Lipinski definition) is 8. The molecule has 196 valence electrons. The summed E-state index contributed by atoms with van der Waals surface area (Å²) in [6.07, 6.45) is 0. The van der Waals surface area contributed by atoms with Crippen molar-refractivity contribution < 1.29 is 26.7 Å². The fourth-order valence-electron chi connectivity index (χ4n) is 3.72. The fourth-order valence-corrected chi connectivity index (χ4v) is 5.90. The highest BCUT2D eigenvalue weighted by Gasteiger charge is 2.24. The minimum Gasteiger partial charge on any atom is -0.277 e. The molecule has 2 N–H and O–H groups in total. The first kappa shape index (κ1) is 26.5. The Hall–Kier alpha value is -4.56. The van der Waals surface area contributed by atoms with Crippen LogP contribution in [0.3, 0.4) is 0 Å². The molecule has 0 radical (unpaired) electrons. The van der Waals surface area contributed by atoms with Crippen LogP contribution in [0.1, 0.15) is 11.1 Å². The molecule has 0 heterocycles. The number of fused-ring (bicyclic) bond motifs is 1. The predicted molar refractivity (Wildman–Crippen MR) is 141 cm³/mol. The molecule has 12 nitrogen and oxygen atoms in total. The van der Waals surface area contributed by atoms with Crippen LogP contribution in [0.4, 0.5) is 22.7 Å². The van der Waals surface area contributed by atoms with Crippen LogP contribution in [-0.2, 0) is 20.0 Å². The van der Waals surface area contributed by atoms with E-state index in [2.05, 4.69) is 9.44 Å². The van der Waals surface area contributed by atoms with Gasteiger partial charge in [0.2, 0.25) is 0 Å². The predicted octanol–water partition coefficient (Wildman–Crippen LogP) is 4.87. The Bertz CT molecular complexity index is 1700. The average Bonchev–Trinajstić information content (AvgIpc) is 2.84. The zero-order valence-corrected chi connectivity index (χ0v) is 21.5. The second-order valence-corrected chi connectivity index (χ2v) is 11.7. The first-order valence-electron chi connectivity index (χ1n) is 10.9. The second kappa shape index (κ2) is 9.72. The summed E-state index contributed by atoms with van der Waals surface area (Å²) >= 11 is 0. The molecule has 0 saturated carbocycles. The summed E-state index contributed by atoms with van der Waals surface area (Å²) in [5, 5.41) is 23.8. The summed E-state index contributed by atoms with van der Waals surface area (Å²) in [7, 11) is -8.80. The third-order valence-corrected chi connectivity index (χ3v) is 8.48. The molecule has 0 saturated heterocycles.